The molecular formula is C20H23N3S. The van der Waals surface area contributed by atoms with Crippen molar-refractivity contribution in [2.45, 2.75) is 26.7 Å². The summed E-state index contributed by atoms with van der Waals surface area (Å²) in [4.78, 5) is 6.90. The van der Waals surface area contributed by atoms with Crippen LogP contribution in [0.2, 0.25) is 0 Å². The molecule has 3 aromatic rings. The second-order valence-corrected chi connectivity index (χ2v) is 7.66. The fourth-order valence-electron chi connectivity index (χ4n) is 3.62. The monoisotopic (exact) mass is 337 g/mol. The van der Waals surface area contributed by atoms with Crippen LogP contribution in [0.15, 0.2) is 29.8 Å². The number of likely N-dealkylation sites (N-methyl/N-ethyl adjacent to an activating group) is 1. The summed E-state index contributed by atoms with van der Waals surface area (Å²) in [7, 11) is 2.22. The highest BCUT2D eigenvalue weighted by Gasteiger charge is 2.20. The van der Waals surface area contributed by atoms with Gasteiger partial charge in [0.25, 0.3) is 0 Å². The molecular weight excluding hydrogens is 314 g/mol. The van der Waals surface area contributed by atoms with Crippen molar-refractivity contribution in [3.8, 4) is 0 Å². The zero-order valence-corrected chi connectivity index (χ0v) is 15.4. The first-order valence-corrected chi connectivity index (χ1v) is 9.40. The summed E-state index contributed by atoms with van der Waals surface area (Å²) in [6.45, 7) is 6.60. The van der Waals surface area contributed by atoms with E-state index in [1.54, 1.807) is 11.3 Å². The van der Waals surface area contributed by atoms with Crippen LogP contribution in [0.1, 0.15) is 28.8 Å². The summed E-state index contributed by atoms with van der Waals surface area (Å²) >= 11 is 1.70. The maximum Gasteiger partial charge on any atom is 0.120 e. The van der Waals surface area contributed by atoms with Crippen molar-refractivity contribution in [3.63, 3.8) is 0 Å². The molecule has 0 amide bonds. The third-order valence-corrected chi connectivity index (χ3v) is 5.85. The molecule has 3 nitrogen and oxygen atoms in total. The fourth-order valence-corrected chi connectivity index (χ4v) is 4.23. The van der Waals surface area contributed by atoms with Gasteiger partial charge in [0.2, 0.25) is 0 Å². The zero-order chi connectivity index (χ0) is 16.7. The van der Waals surface area contributed by atoms with Gasteiger partial charge in [-0.05, 0) is 45.0 Å². The molecule has 1 aliphatic rings. The minimum absolute atomic E-state index is 1.10. The Hall–Kier alpha value is -1.91. The van der Waals surface area contributed by atoms with Crippen LogP contribution < -0.4 is 0 Å². The summed E-state index contributed by atoms with van der Waals surface area (Å²) in [5.41, 5.74) is 6.88. The van der Waals surface area contributed by atoms with E-state index >= 15 is 0 Å². The lowest BCUT2D eigenvalue weighted by Gasteiger charge is -2.13. The largest absolute Gasteiger partial charge is 0.320 e. The maximum absolute atomic E-state index is 4.46. The van der Waals surface area contributed by atoms with E-state index in [9.17, 15) is 0 Å². The molecule has 4 heteroatoms. The predicted octanol–water partition coefficient (Wildman–Crippen LogP) is 4.45. The van der Waals surface area contributed by atoms with Gasteiger partial charge in [0.05, 0.1) is 5.52 Å². The zero-order valence-electron chi connectivity index (χ0n) is 14.5. The first kappa shape index (κ1) is 15.6. The van der Waals surface area contributed by atoms with Gasteiger partial charge in [0.15, 0.2) is 0 Å². The SMILES string of the molecule is CC(=Cn1c2c(c3cc(C)ccc31)CCN(C)CC2)c1nccs1. The number of rotatable bonds is 2. The Balaban J connectivity index is 1.93. The van der Waals surface area contributed by atoms with E-state index in [1.165, 1.54) is 33.3 Å². The van der Waals surface area contributed by atoms with Crippen LogP contribution in [0.4, 0.5) is 0 Å². The van der Waals surface area contributed by atoms with E-state index in [0.717, 1.165) is 30.9 Å². The molecule has 0 N–H and O–H groups in total. The summed E-state index contributed by atoms with van der Waals surface area (Å²) in [5, 5.41) is 4.56. The predicted molar refractivity (Wildman–Crippen MR) is 104 cm³/mol. The summed E-state index contributed by atoms with van der Waals surface area (Å²) in [6.07, 6.45) is 6.38. The van der Waals surface area contributed by atoms with Crippen LogP contribution in [-0.4, -0.2) is 34.6 Å². The Labute approximate surface area is 147 Å². The lowest BCUT2D eigenvalue weighted by atomic mass is 10.1. The quantitative estimate of drug-likeness (QED) is 0.688. The molecule has 3 heterocycles. The number of aryl methyl sites for hydroxylation is 1. The molecule has 24 heavy (non-hydrogen) atoms. The molecule has 124 valence electrons. The number of fused-ring (bicyclic) bond motifs is 3. The molecule has 1 aromatic carbocycles. The molecule has 0 saturated carbocycles. The Morgan fingerprint density at radius 3 is 2.88 bits per heavy atom. The van der Waals surface area contributed by atoms with Crippen molar-refractivity contribution in [1.29, 1.82) is 0 Å². The van der Waals surface area contributed by atoms with E-state index in [-0.39, 0.29) is 0 Å². The minimum Gasteiger partial charge on any atom is -0.320 e. The number of thiazole rings is 1. The average Bonchev–Trinajstić information content (AvgIpc) is 3.13. The first-order chi connectivity index (χ1) is 11.6. The molecule has 0 bridgehead atoms. The molecule has 0 spiro atoms. The second kappa shape index (κ2) is 6.19. The number of hydrogen-bond donors (Lipinski definition) is 0. The lowest BCUT2D eigenvalue weighted by molar-refractivity contribution is 0.351. The van der Waals surface area contributed by atoms with Gasteiger partial charge in [-0.25, -0.2) is 4.98 Å². The molecule has 2 aromatic heterocycles. The minimum atomic E-state index is 1.10. The van der Waals surface area contributed by atoms with Crippen molar-refractivity contribution >= 4 is 34.0 Å². The number of aromatic nitrogens is 2. The van der Waals surface area contributed by atoms with E-state index in [1.807, 2.05) is 11.6 Å². The van der Waals surface area contributed by atoms with Crippen LogP contribution in [0.25, 0.3) is 22.7 Å². The van der Waals surface area contributed by atoms with Gasteiger partial charge in [-0.2, -0.15) is 0 Å². The van der Waals surface area contributed by atoms with Gasteiger partial charge >= 0.3 is 0 Å². The van der Waals surface area contributed by atoms with Gasteiger partial charge in [-0.3, -0.25) is 0 Å². The van der Waals surface area contributed by atoms with Crippen LogP contribution >= 0.6 is 11.3 Å². The standard InChI is InChI=1S/C20H23N3S/c1-14-4-5-18-17(12-14)16-6-9-22(3)10-7-19(16)23(18)13-15(2)20-21-8-11-24-20/h4-5,8,11-13H,6-7,9-10H2,1-3H3. The van der Waals surface area contributed by atoms with Gasteiger partial charge < -0.3 is 9.47 Å². The lowest BCUT2D eigenvalue weighted by Crippen LogP contribution is -2.21. The Bertz CT molecular complexity index is 903. The van der Waals surface area contributed by atoms with Crippen molar-refractivity contribution in [1.82, 2.24) is 14.5 Å². The molecule has 0 atom stereocenters. The van der Waals surface area contributed by atoms with E-state index < -0.39 is 0 Å². The van der Waals surface area contributed by atoms with Crippen molar-refractivity contribution < 1.29 is 0 Å². The van der Waals surface area contributed by atoms with Crippen LogP contribution in [0.3, 0.4) is 0 Å². The van der Waals surface area contributed by atoms with Crippen molar-refractivity contribution in [3.05, 3.63) is 51.6 Å². The summed E-state index contributed by atoms with van der Waals surface area (Å²) in [5.74, 6) is 0. The number of nitrogens with zero attached hydrogens (tertiary/aromatic N) is 3. The van der Waals surface area contributed by atoms with E-state index in [2.05, 4.69) is 59.7 Å². The average molecular weight is 337 g/mol. The molecule has 0 unspecified atom stereocenters. The Kier molecular flexibility index (Phi) is 4.02. The van der Waals surface area contributed by atoms with Gasteiger partial charge in [0, 0.05) is 53.9 Å². The van der Waals surface area contributed by atoms with Crippen molar-refractivity contribution in [2.24, 2.45) is 0 Å². The second-order valence-electron chi connectivity index (χ2n) is 6.77. The first-order valence-electron chi connectivity index (χ1n) is 8.52. The van der Waals surface area contributed by atoms with Gasteiger partial charge in [-0.15, -0.1) is 11.3 Å². The molecule has 0 radical (unpaired) electrons. The Morgan fingerprint density at radius 1 is 1.25 bits per heavy atom. The highest BCUT2D eigenvalue weighted by Crippen LogP contribution is 2.31. The van der Waals surface area contributed by atoms with Crippen molar-refractivity contribution in [2.75, 3.05) is 20.1 Å². The highest BCUT2D eigenvalue weighted by molar-refractivity contribution is 7.10. The smallest absolute Gasteiger partial charge is 0.120 e. The van der Waals surface area contributed by atoms with E-state index in [0.29, 0.717) is 0 Å². The van der Waals surface area contributed by atoms with Gasteiger partial charge in [0.1, 0.15) is 5.01 Å². The van der Waals surface area contributed by atoms with Gasteiger partial charge in [-0.1, -0.05) is 11.6 Å². The summed E-state index contributed by atoms with van der Waals surface area (Å²) in [6, 6.07) is 6.84. The van der Waals surface area contributed by atoms with Crippen LogP contribution in [0.5, 0.6) is 0 Å². The topological polar surface area (TPSA) is 21.1 Å². The molecule has 0 aliphatic carbocycles. The fraction of sp³-hybridized carbons (Fsp3) is 0.350. The third kappa shape index (κ3) is 2.70. The molecule has 0 saturated heterocycles. The third-order valence-electron chi connectivity index (χ3n) is 4.94. The number of allylic oxidation sites excluding steroid dienone is 1. The normalized spacial score (nSPS) is 16.4. The van der Waals surface area contributed by atoms with E-state index in [4.69, 9.17) is 0 Å². The molecule has 4 rings (SSSR count). The number of hydrogen-bond acceptors (Lipinski definition) is 3. The van der Waals surface area contributed by atoms with Crippen LogP contribution in [-0.2, 0) is 12.8 Å². The van der Waals surface area contributed by atoms with Crippen LogP contribution in [0, 0.1) is 6.92 Å². The molecule has 0 fully saturated rings. The highest BCUT2D eigenvalue weighted by atomic mass is 32.1. The Morgan fingerprint density at radius 2 is 2.08 bits per heavy atom. The molecule has 1 aliphatic heterocycles. The summed E-state index contributed by atoms with van der Waals surface area (Å²) < 4.78 is 2.42. The maximum atomic E-state index is 4.46. The number of benzene rings is 1.